The van der Waals surface area contributed by atoms with Crippen molar-refractivity contribution in [3.8, 4) is 11.6 Å². The van der Waals surface area contributed by atoms with Gasteiger partial charge < -0.3 is 4.42 Å². The fourth-order valence-electron chi connectivity index (χ4n) is 0.868. The number of rotatable bonds is 1. The highest BCUT2D eigenvalue weighted by Gasteiger charge is 2.05. The van der Waals surface area contributed by atoms with E-state index in [1.54, 1.807) is 10.9 Å². The van der Waals surface area contributed by atoms with Crippen LogP contribution in [-0.2, 0) is 7.05 Å². The van der Waals surface area contributed by atoms with E-state index in [2.05, 4.69) is 15.3 Å². The molecule has 0 aliphatic carbocycles. The Morgan fingerprint density at radius 2 is 2.45 bits per heavy atom. The topological polar surface area (TPSA) is 56.7 Å². The molecule has 2 rings (SSSR count). The van der Waals surface area contributed by atoms with E-state index in [9.17, 15) is 0 Å². The van der Waals surface area contributed by atoms with Gasteiger partial charge in [0.25, 0.3) is 5.89 Å². The summed E-state index contributed by atoms with van der Waals surface area (Å²) in [4.78, 5) is 0. The Morgan fingerprint density at radius 1 is 1.55 bits per heavy atom. The summed E-state index contributed by atoms with van der Waals surface area (Å²) in [6.45, 7) is 0. The minimum absolute atomic E-state index is 0.491. The third kappa shape index (κ3) is 0.899. The van der Waals surface area contributed by atoms with Gasteiger partial charge in [0.1, 0.15) is 5.69 Å². The lowest BCUT2D eigenvalue weighted by molar-refractivity contribution is 0.560. The second kappa shape index (κ2) is 2.19. The van der Waals surface area contributed by atoms with Crippen LogP contribution in [0.5, 0.6) is 0 Å². The summed E-state index contributed by atoms with van der Waals surface area (Å²) in [7, 11) is 1.82. The summed E-state index contributed by atoms with van der Waals surface area (Å²) in [5.74, 6) is 0.491. The summed E-state index contributed by atoms with van der Waals surface area (Å²) in [5.41, 5.74) is 0.822. The van der Waals surface area contributed by atoms with E-state index >= 15 is 0 Å². The van der Waals surface area contributed by atoms with Gasteiger partial charge in [0.05, 0.1) is 0 Å². The first-order valence-corrected chi connectivity index (χ1v) is 3.12. The SMILES string of the molecule is Cn1nccc1-c1nnco1. The molecule has 2 aromatic heterocycles. The van der Waals surface area contributed by atoms with E-state index in [0.717, 1.165) is 5.69 Å². The van der Waals surface area contributed by atoms with Crippen molar-refractivity contribution in [2.75, 3.05) is 0 Å². The van der Waals surface area contributed by atoms with Crippen molar-refractivity contribution in [2.45, 2.75) is 0 Å². The van der Waals surface area contributed by atoms with Crippen molar-refractivity contribution in [1.29, 1.82) is 0 Å². The number of hydrogen-bond acceptors (Lipinski definition) is 4. The van der Waals surface area contributed by atoms with Gasteiger partial charge in [-0.3, -0.25) is 4.68 Å². The smallest absolute Gasteiger partial charge is 0.265 e. The van der Waals surface area contributed by atoms with Gasteiger partial charge in [-0.2, -0.15) is 5.10 Å². The minimum Gasteiger partial charge on any atom is -0.422 e. The standard InChI is InChI=1S/C6H6N4O/c1-10-5(2-3-8-10)6-9-7-4-11-6/h2-4H,1H3. The summed E-state index contributed by atoms with van der Waals surface area (Å²) >= 11 is 0. The second-order valence-electron chi connectivity index (χ2n) is 2.08. The van der Waals surface area contributed by atoms with Crippen molar-refractivity contribution in [1.82, 2.24) is 20.0 Å². The molecule has 0 atom stereocenters. The predicted molar refractivity (Wildman–Crippen MR) is 36.5 cm³/mol. The van der Waals surface area contributed by atoms with Crippen LogP contribution in [0, 0.1) is 0 Å². The molecule has 0 spiro atoms. The molecule has 0 saturated carbocycles. The van der Waals surface area contributed by atoms with Gasteiger partial charge in [-0.15, -0.1) is 10.2 Å². The zero-order valence-corrected chi connectivity index (χ0v) is 5.93. The average molecular weight is 150 g/mol. The van der Waals surface area contributed by atoms with E-state index < -0.39 is 0 Å². The van der Waals surface area contributed by atoms with E-state index in [4.69, 9.17) is 4.42 Å². The van der Waals surface area contributed by atoms with Gasteiger partial charge in [-0.05, 0) is 6.07 Å². The molecule has 11 heavy (non-hydrogen) atoms. The molecule has 0 unspecified atom stereocenters. The van der Waals surface area contributed by atoms with Gasteiger partial charge >= 0.3 is 0 Å². The maximum absolute atomic E-state index is 4.98. The molecule has 0 bridgehead atoms. The van der Waals surface area contributed by atoms with Crippen molar-refractivity contribution < 1.29 is 4.42 Å². The van der Waals surface area contributed by atoms with Crippen LogP contribution in [0.3, 0.4) is 0 Å². The van der Waals surface area contributed by atoms with Gasteiger partial charge in [0, 0.05) is 13.2 Å². The fourth-order valence-corrected chi connectivity index (χ4v) is 0.868. The molecular formula is C6H6N4O. The van der Waals surface area contributed by atoms with Gasteiger partial charge in [-0.25, -0.2) is 0 Å². The molecule has 2 heterocycles. The van der Waals surface area contributed by atoms with Crippen LogP contribution in [0.4, 0.5) is 0 Å². The lowest BCUT2D eigenvalue weighted by Crippen LogP contribution is -1.92. The van der Waals surface area contributed by atoms with E-state index in [0.29, 0.717) is 5.89 Å². The molecule has 5 nitrogen and oxygen atoms in total. The highest BCUT2D eigenvalue weighted by atomic mass is 16.4. The molecule has 2 aromatic rings. The Balaban J connectivity index is 2.53. The fraction of sp³-hybridized carbons (Fsp3) is 0.167. The van der Waals surface area contributed by atoms with Gasteiger partial charge in [0.2, 0.25) is 6.39 Å². The average Bonchev–Trinajstić information content (AvgIpc) is 2.55. The molecule has 0 radical (unpaired) electrons. The Bertz CT molecular complexity index is 337. The van der Waals surface area contributed by atoms with Crippen LogP contribution in [-0.4, -0.2) is 20.0 Å². The Morgan fingerprint density at radius 3 is 3.00 bits per heavy atom. The second-order valence-corrected chi connectivity index (χ2v) is 2.08. The summed E-state index contributed by atoms with van der Waals surface area (Å²) in [5, 5.41) is 11.3. The number of aryl methyl sites for hydroxylation is 1. The molecule has 0 N–H and O–H groups in total. The largest absolute Gasteiger partial charge is 0.422 e. The highest BCUT2D eigenvalue weighted by molar-refractivity contribution is 5.44. The van der Waals surface area contributed by atoms with Crippen molar-refractivity contribution in [2.24, 2.45) is 7.05 Å². The summed E-state index contributed by atoms with van der Waals surface area (Å²) < 4.78 is 6.65. The van der Waals surface area contributed by atoms with Crippen LogP contribution in [0.25, 0.3) is 11.6 Å². The van der Waals surface area contributed by atoms with E-state index in [1.807, 2.05) is 13.1 Å². The zero-order chi connectivity index (χ0) is 7.68. The van der Waals surface area contributed by atoms with Gasteiger partial charge in [0.15, 0.2) is 0 Å². The molecule has 5 heteroatoms. The molecule has 0 amide bonds. The maximum atomic E-state index is 4.98. The monoisotopic (exact) mass is 150 g/mol. The number of hydrogen-bond donors (Lipinski definition) is 0. The molecule has 56 valence electrons. The number of aromatic nitrogens is 4. The van der Waals surface area contributed by atoms with Crippen LogP contribution < -0.4 is 0 Å². The molecule has 0 aliphatic heterocycles. The minimum atomic E-state index is 0.491. The maximum Gasteiger partial charge on any atom is 0.265 e. The first kappa shape index (κ1) is 6.09. The quantitative estimate of drug-likeness (QED) is 0.593. The zero-order valence-electron chi connectivity index (χ0n) is 5.93. The van der Waals surface area contributed by atoms with E-state index in [-0.39, 0.29) is 0 Å². The number of nitrogens with zero attached hydrogens (tertiary/aromatic N) is 4. The molecular weight excluding hydrogens is 144 g/mol. The molecule has 0 saturated heterocycles. The van der Waals surface area contributed by atoms with Crippen molar-refractivity contribution in [3.63, 3.8) is 0 Å². The summed E-state index contributed by atoms with van der Waals surface area (Å²) in [6.07, 6.45) is 2.97. The van der Waals surface area contributed by atoms with Crippen LogP contribution in [0.1, 0.15) is 0 Å². The van der Waals surface area contributed by atoms with Crippen LogP contribution in [0.2, 0.25) is 0 Å². The van der Waals surface area contributed by atoms with Gasteiger partial charge in [-0.1, -0.05) is 0 Å². The van der Waals surface area contributed by atoms with Crippen LogP contribution in [0.15, 0.2) is 23.1 Å². The molecule has 0 aromatic carbocycles. The lowest BCUT2D eigenvalue weighted by atomic mass is 10.4. The summed E-state index contributed by atoms with van der Waals surface area (Å²) in [6, 6.07) is 1.81. The Labute approximate surface area is 62.7 Å². The highest BCUT2D eigenvalue weighted by Crippen LogP contribution is 2.12. The third-order valence-electron chi connectivity index (χ3n) is 1.40. The first-order valence-electron chi connectivity index (χ1n) is 3.12. The van der Waals surface area contributed by atoms with E-state index in [1.165, 1.54) is 6.39 Å². The van der Waals surface area contributed by atoms with Crippen LogP contribution >= 0.6 is 0 Å². The Kier molecular flexibility index (Phi) is 1.21. The first-order chi connectivity index (χ1) is 5.38. The normalized spacial score (nSPS) is 10.3. The lowest BCUT2D eigenvalue weighted by Gasteiger charge is -1.92. The Hall–Kier alpha value is -1.65. The molecule has 0 aliphatic rings. The third-order valence-corrected chi connectivity index (χ3v) is 1.40. The van der Waals surface area contributed by atoms with Crippen molar-refractivity contribution >= 4 is 0 Å². The molecule has 0 fully saturated rings. The predicted octanol–water partition coefficient (Wildman–Crippen LogP) is 0.470. The van der Waals surface area contributed by atoms with Crippen molar-refractivity contribution in [3.05, 3.63) is 18.7 Å².